The summed E-state index contributed by atoms with van der Waals surface area (Å²) in [4.78, 5) is 12.1. The number of nitrogens with one attached hydrogen (secondary N) is 1. The lowest BCUT2D eigenvalue weighted by atomic mass is 10.0. The second-order valence-electron chi connectivity index (χ2n) is 5.50. The average Bonchev–Trinajstić information content (AvgIpc) is 2.59. The fourth-order valence-corrected chi connectivity index (χ4v) is 2.58. The van der Waals surface area contributed by atoms with Gasteiger partial charge >= 0.3 is 0 Å². The third-order valence-corrected chi connectivity index (χ3v) is 4.00. The SMILES string of the molecule is CC[C@@H](NC(=O)COc1ccc(Cl)cc1)c1ccc(OC)c(C)c1. The number of amides is 1. The fraction of sp³-hybridized carbons (Fsp3) is 0.316. The van der Waals surface area contributed by atoms with Crippen LogP contribution in [0, 0.1) is 6.92 Å². The molecule has 2 rings (SSSR count). The third kappa shape index (κ3) is 4.90. The first-order valence-corrected chi connectivity index (χ1v) is 8.23. The van der Waals surface area contributed by atoms with Crippen LogP contribution in [0.15, 0.2) is 42.5 Å². The zero-order chi connectivity index (χ0) is 17.5. The predicted molar refractivity (Wildman–Crippen MR) is 95.9 cm³/mol. The summed E-state index contributed by atoms with van der Waals surface area (Å²) in [6.07, 6.45) is 0.790. The van der Waals surface area contributed by atoms with Crippen LogP contribution in [-0.2, 0) is 4.79 Å². The van der Waals surface area contributed by atoms with Crippen molar-refractivity contribution in [2.75, 3.05) is 13.7 Å². The van der Waals surface area contributed by atoms with Crippen molar-refractivity contribution >= 4 is 17.5 Å². The maximum atomic E-state index is 12.1. The normalized spacial score (nSPS) is 11.7. The summed E-state index contributed by atoms with van der Waals surface area (Å²) in [5.74, 6) is 1.29. The summed E-state index contributed by atoms with van der Waals surface area (Å²) in [5.41, 5.74) is 2.09. The highest BCUT2D eigenvalue weighted by atomic mass is 35.5. The van der Waals surface area contributed by atoms with E-state index in [0.717, 1.165) is 23.3 Å². The van der Waals surface area contributed by atoms with Crippen molar-refractivity contribution in [1.82, 2.24) is 5.32 Å². The van der Waals surface area contributed by atoms with Gasteiger partial charge in [-0.3, -0.25) is 4.79 Å². The number of ether oxygens (including phenoxy) is 2. The maximum absolute atomic E-state index is 12.1. The molecule has 0 saturated carbocycles. The van der Waals surface area contributed by atoms with E-state index >= 15 is 0 Å². The summed E-state index contributed by atoms with van der Waals surface area (Å²) >= 11 is 5.82. The van der Waals surface area contributed by atoms with Crippen LogP contribution in [0.25, 0.3) is 0 Å². The van der Waals surface area contributed by atoms with Gasteiger partial charge in [-0.05, 0) is 54.8 Å². The number of aryl methyl sites for hydroxylation is 1. The monoisotopic (exact) mass is 347 g/mol. The highest BCUT2D eigenvalue weighted by Crippen LogP contribution is 2.24. The van der Waals surface area contributed by atoms with E-state index < -0.39 is 0 Å². The molecule has 0 spiro atoms. The van der Waals surface area contributed by atoms with Crippen LogP contribution < -0.4 is 14.8 Å². The van der Waals surface area contributed by atoms with Crippen LogP contribution in [0.5, 0.6) is 11.5 Å². The number of methoxy groups -OCH3 is 1. The Morgan fingerprint density at radius 2 is 1.92 bits per heavy atom. The van der Waals surface area contributed by atoms with Gasteiger partial charge in [-0.2, -0.15) is 0 Å². The van der Waals surface area contributed by atoms with Gasteiger partial charge in [0.25, 0.3) is 5.91 Å². The second kappa shape index (κ2) is 8.60. The Kier molecular flexibility index (Phi) is 6.50. The number of carbonyl (C=O) groups excluding carboxylic acids is 1. The highest BCUT2D eigenvalue weighted by Gasteiger charge is 2.14. The van der Waals surface area contributed by atoms with Gasteiger partial charge in [-0.15, -0.1) is 0 Å². The van der Waals surface area contributed by atoms with Gasteiger partial charge in [0.1, 0.15) is 11.5 Å². The Labute approximate surface area is 147 Å². The molecule has 2 aromatic rings. The molecule has 0 aliphatic carbocycles. The Morgan fingerprint density at radius 1 is 1.21 bits per heavy atom. The summed E-state index contributed by atoms with van der Waals surface area (Å²) in [6, 6.07) is 12.8. The molecule has 1 amide bonds. The van der Waals surface area contributed by atoms with Gasteiger partial charge in [0.05, 0.1) is 13.2 Å². The van der Waals surface area contributed by atoms with Crippen molar-refractivity contribution in [3.63, 3.8) is 0 Å². The molecule has 1 N–H and O–H groups in total. The van der Waals surface area contributed by atoms with E-state index in [9.17, 15) is 4.79 Å². The Morgan fingerprint density at radius 3 is 2.50 bits per heavy atom. The first-order valence-electron chi connectivity index (χ1n) is 7.85. The zero-order valence-electron chi connectivity index (χ0n) is 14.1. The van der Waals surface area contributed by atoms with E-state index in [4.69, 9.17) is 21.1 Å². The first-order chi connectivity index (χ1) is 11.5. The number of hydrogen-bond donors (Lipinski definition) is 1. The molecule has 2 aromatic carbocycles. The standard InChI is InChI=1S/C19H22ClNO3/c1-4-17(14-5-10-18(23-3)13(2)11-14)21-19(22)12-24-16-8-6-15(20)7-9-16/h5-11,17H,4,12H2,1-3H3,(H,21,22)/t17-/m1/s1. The van der Waals surface area contributed by atoms with Crippen LogP contribution >= 0.6 is 11.6 Å². The van der Waals surface area contributed by atoms with Crippen molar-refractivity contribution in [3.8, 4) is 11.5 Å². The van der Waals surface area contributed by atoms with Crippen molar-refractivity contribution in [3.05, 3.63) is 58.6 Å². The first kappa shape index (κ1) is 18.1. The number of halogens is 1. The minimum atomic E-state index is -0.162. The summed E-state index contributed by atoms with van der Waals surface area (Å²) < 4.78 is 10.7. The molecule has 0 aromatic heterocycles. The van der Waals surface area contributed by atoms with Crippen molar-refractivity contribution in [2.24, 2.45) is 0 Å². The lowest BCUT2D eigenvalue weighted by Crippen LogP contribution is -2.32. The van der Waals surface area contributed by atoms with Gasteiger partial charge < -0.3 is 14.8 Å². The minimum absolute atomic E-state index is 0.0345. The smallest absolute Gasteiger partial charge is 0.258 e. The quantitative estimate of drug-likeness (QED) is 0.812. The molecule has 0 radical (unpaired) electrons. The summed E-state index contributed by atoms with van der Waals surface area (Å²) in [5, 5.41) is 3.63. The number of rotatable bonds is 7. The lowest BCUT2D eigenvalue weighted by Gasteiger charge is -2.19. The highest BCUT2D eigenvalue weighted by molar-refractivity contribution is 6.30. The van der Waals surface area contributed by atoms with E-state index in [1.807, 2.05) is 32.0 Å². The summed E-state index contributed by atoms with van der Waals surface area (Å²) in [6.45, 7) is 3.98. The predicted octanol–water partition coefficient (Wildman–Crippen LogP) is 4.30. The van der Waals surface area contributed by atoms with Crippen LogP contribution in [0.4, 0.5) is 0 Å². The molecule has 0 aliphatic rings. The molecular weight excluding hydrogens is 326 g/mol. The topological polar surface area (TPSA) is 47.6 Å². The molecule has 128 valence electrons. The van der Waals surface area contributed by atoms with E-state index in [1.54, 1.807) is 31.4 Å². The molecule has 0 fully saturated rings. The van der Waals surface area contributed by atoms with Crippen LogP contribution in [0.3, 0.4) is 0 Å². The van der Waals surface area contributed by atoms with E-state index in [2.05, 4.69) is 5.32 Å². The molecule has 4 nitrogen and oxygen atoms in total. The van der Waals surface area contributed by atoms with Crippen molar-refractivity contribution < 1.29 is 14.3 Å². The number of carbonyl (C=O) groups is 1. The van der Waals surface area contributed by atoms with E-state index in [-0.39, 0.29) is 18.6 Å². The van der Waals surface area contributed by atoms with Crippen LogP contribution in [0.2, 0.25) is 5.02 Å². The Bertz CT molecular complexity index is 686. The van der Waals surface area contributed by atoms with Gasteiger partial charge in [0.15, 0.2) is 6.61 Å². The van der Waals surface area contributed by atoms with Crippen molar-refractivity contribution in [2.45, 2.75) is 26.3 Å². The number of benzene rings is 2. The van der Waals surface area contributed by atoms with E-state index in [0.29, 0.717) is 10.8 Å². The zero-order valence-corrected chi connectivity index (χ0v) is 14.9. The fourth-order valence-electron chi connectivity index (χ4n) is 2.46. The molecule has 1 atom stereocenters. The molecule has 0 saturated heterocycles. The van der Waals surface area contributed by atoms with Crippen molar-refractivity contribution in [1.29, 1.82) is 0 Å². The molecule has 5 heteroatoms. The molecule has 0 bridgehead atoms. The molecule has 0 aliphatic heterocycles. The van der Waals surface area contributed by atoms with Crippen LogP contribution in [-0.4, -0.2) is 19.6 Å². The van der Waals surface area contributed by atoms with Gasteiger partial charge in [-0.25, -0.2) is 0 Å². The summed E-state index contributed by atoms with van der Waals surface area (Å²) in [7, 11) is 1.65. The van der Waals surface area contributed by atoms with Gasteiger partial charge in [0.2, 0.25) is 0 Å². The Hall–Kier alpha value is -2.20. The molecule has 0 unspecified atom stereocenters. The van der Waals surface area contributed by atoms with Crippen LogP contribution in [0.1, 0.15) is 30.5 Å². The Balaban J connectivity index is 1.95. The lowest BCUT2D eigenvalue weighted by molar-refractivity contribution is -0.123. The molecule has 0 heterocycles. The van der Waals surface area contributed by atoms with E-state index in [1.165, 1.54) is 0 Å². The maximum Gasteiger partial charge on any atom is 0.258 e. The van der Waals surface area contributed by atoms with Gasteiger partial charge in [0, 0.05) is 5.02 Å². The second-order valence-corrected chi connectivity index (χ2v) is 5.94. The minimum Gasteiger partial charge on any atom is -0.496 e. The molecule has 24 heavy (non-hydrogen) atoms. The number of hydrogen-bond acceptors (Lipinski definition) is 3. The average molecular weight is 348 g/mol. The largest absolute Gasteiger partial charge is 0.496 e. The van der Waals surface area contributed by atoms with Gasteiger partial charge in [-0.1, -0.05) is 30.7 Å². The third-order valence-electron chi connectivity index (χ3n) is 3.75. The molecular formula is C19H22ClNO3.